The van der Waals surface area contributed by atoms with Crippen LogP contribution in [0.4, 0.5) is 0 Å². The fraction of sp³-hybridized carbons (Fsp3) is 0.0800. The van der Waals surface area contributed by atoms with E-state index >= 15 is 0 Å². The summed E-state index contributed by atoms with van der Waals surface area (Å²) in [6.45, 7) is 0. The lowest BCUT2D eigenvalue weighted by Crippen LogP contribution is -2.26. The lowest BCUT2D eigenvalue weighted by molar-refractivity contribution is 0.0697. The van der Waals surface area contributed by atoms with Crippen molar-refractivity contribution >= 4 is 60.7 Å². The maximum absolute atomic E-state index is 10.8. The molecule has 5 rings (SSSR count). The zero-order chi connectivity index (χ0) is 24.2. The van der Waals surface area contributed by atoms with Crippen molar-refractivity contribution in [2.75, 3.05) is 14.2 Å². The minimum absolute atomic E-state index is 0.302. The number of thiophene rings is 2. The second-order valence-electron chi connectivity index (χ2n) is 7.32. The quantitative estimate of drug-likeness (QED) is 0.303. The fourth-order valence-corrected chi connectivity index (χ4v) is 5.41. The highest BCUT2D eigenvalue weighted by Gasteiger charge is 2.14. The van der Waals surface area contributed by atoms with Crippen LogP contribution in [-0.2, 0) is 0 Å². The standard InChI is InChI=1S/C16H12O3S.C9H9BO3S/c1-19-13-7-6-12-8-14(20-15(12)9-13)10-2-4-11(5-3-10)16(17)18;1-13-7-3-2-6-4-9(10(11)12)14-8(6)5-7/h2-9H,1H3,(H,17,18);2-5,11-12H,1H3. The summed E-state index contributed by atoms with van der Waals surface area (Å²) in [5.41, 5.74) is 1.33. The maximum Gasteiger partial charge on any atom is 0.499 e. The molecule has 0 unspecified atom stereocenters. The molecule has 0 bridgehead atoms. The van der Waals surface area contributed by atoms with Gasteiger partial charge in [-0.15, -0.1) is 22.7 Å². The highest BCUT2D eigenvalue weighted by atomic mass is 32.1. The molecule has 0 saturated carbocycles. The number of hydrogen-bond donors (Lipinski definition) is 3. The lowest BCUT2D eigenvalue weighted by Gasteiger charge is -1.98. The second-order valence-corrected chi connectivity index (χ2v) is 9.52. The predicted octanol–water partition coefficient (Wildman–Crippen LogP) is 4.86. The summed E-state index contributed by atoms with van der Waals surface area (Å²) < 4.78 is 13.0. The summed E-state index contributed by atoms with van der Waals surface area (Å²) in [4.78, 5) is 12.0. The minimum Gasteiger partial charge on any atom is -0.497 e. The third-order valence-electron chi connectivity index (χ3n) is 5.14. The van der Waals surface area contributed by atoms with Crippen LogP contribution < -0.4 is 14.3 Å². The number of ether oxygens (including phenoxy) is 2. The van der Waals surface area contributed by atoms with Crippen molar-refractivity contribution in [1.29, 1.82) is 0 Å². The van der Waals surface area contributed by atoms with Crippen molar-refractivity contribution in [3.05, 3.63) is 78.4 Å². The Kier molecular flexibility index (Phi) is 7.19. The first kappa shape index (κ1) is 23.8. The average molecular weight is 492 g/mol. The van der Waals surface area contributed by atoms with Gasteiger partial charge in [0.15, 0.2) is 0 Å². The Balaban J connectivity index is 0.000000172. The molecule has 0 aliphatic heterocycles. The van der Waals surface area contributed by atoms with Gasteiger partial charge in [-0.05, 0) is 77.0 Å². The molecule has 0 atom stereocenters. The number of aromatic carboxylic acids is 1. The molecular formula is C25H21BO6S2. The molecule has 3 N–H and O–H groups in total. The third kappa shape index (κ3) is 5.23. The lowest BCUT2D eigenvalue weighted by atomic mass is 9.89. The van der Waals surface area contributed by atoms with Crippen LogP contribution in [0.15, 0.2) is 72.8 Å². The molecule has 2 heterocycles. The van der Waals surface area contributed by atoms with Gasteiger partial charge in [-0.1, -0.05) is 12.1 Å². The monoisotopic (exact) mass is 492 g/mol. The van der Waals surface area contributed by atoms with E-state index in [4.69, 9.17) is 24.6 Å². The Labute approximate surface area is 204 Å². The van der Waals surface area contributed by atoms with Crippen LogP contribution in [0.3, 0.4) is 0 Å². The van der Waals surface area contributed by atoms with Gasteiger partial charge in [0.1, 0.15) is 11.5 Å². The van der Waals surface area contributed by atoms with E-state index in [-0.39, 0.29) is 0 Å². The molecule has 0 fully saturated rings. The Morgan fingerprint density at radius 3 is 1.85 bits per heavy atom. The van der Waals surface area contributed by atoms with Gasteiger partial charge in [-0.25, -0.2) is 4.79 Å². The third-order valence-corrected chi connectivity index (χ3v) is 7.43. The Morgan fingerprint density at radius 1 is 0.765 bits per heavy atom. The summed E-state index contributed by atoms with van der Waals surface area (Å²) in [6, 6.07) is 22.4. The number of benzene rings is 3. The molecule has 6 nitrogen and oxygen atoms in total. The van der Waals surface area contributed by atoms with Crippen LogP contribution in [-0.4, -0.2) is 42.5 Å². The largest absolute Gasteiger partial charge is 0.499 e. The van der Waals surface area contributed by atoms with Crippen LogP contribution >= 0.6 is 22.7 Å². The predicted molar refractivity (Wildman–Crippen MR) is 139 cm³/mol. The Hall–Kier alpha value is -3.37. The Bertz CT molecular complexity index is 1440. The SMILES string of the molecule is COc1ccc2cc(-c3ccc(C(=O)O)cc3)sc2c1.COc1ccc2cc(B(O)O)sc2c1. The van der Waals surface area contributed by atoms with E-state index in [1.165, 1.54) is 11.3 Å². The summed E-state index contributed by atoms with van der Waals surface area (Å²) in [7, 11) is 1.87. The maximum atomic E-state index is 10.8. The molecule has 3 aromatic carbocycles. The number of hydrogen-bond acceptors (Lipinski definition) is 7. The number of fused-ring (bicyclic) bond motifs is 2. The molecule has 0 radical (unpaired) electrons. The van der Waals surface area contributed by atoms with Crippen LogP contribution in [0, 0.1) is 0 Å². The zero-order valence-electron chi connectivity index (χ0n) is 18.4. The van der Waals surface area contributed by atoms with Gasteiger partial charge in [0.2, 0.25) is 0 Å². The Morgan fingerprint density at radius 2 is 1.32 bits per heavy atom. The highest BCUT2D eigenvalue weighted by Crippen LogP contribution is 2.35. The molecule has 0 amide bonds. The van der Waals surface area contributed by atoms with E-state index in [0.717, 1.165) is 42.1 Å². The number of carbonyl (C=O) groups is 1. The number of rotatable bonds is 5. The first-order valence-electron chi connectivity index (χ1n) is 10.2. The van der Waals surface area contributed by atoms with Crippen LogP contribution in [0.25, 0.3) is 30.6 Å². The van der Waals surface area contributed by atoms with Gasteiger partial charge in [0.05, 0.1) is 19.8 Å². The number of carboxylic acid groups (broad SMARTS) is 1. The van der Waals surface area contributed by atoms with Crippen molar-refractivity contribution < 1.29 is 29.4 Å². The van der Waals surface area contributed by atoms with Gasteiger partial charge >= 0.3 is 13.1 Å². The average Bonchev–Trinajstić information content (AvgIpc) is 3.47. The van der Waals surface area contributed by atoms with E-state index in [1.807, 2.05) is 48.5 Å². The van der Waals surface area contributed by atoms with Crippen molar-refractivity contribution in [2.45, 2.75) is 0 Å². The van der Waals surface area contributed by atoms with Gasteiger partial charge in [0.25, 0.3) is 0 Å². The zero-order valence-corrected chi connectivity index (χ0v) is 20.0. The normalized spacial score (nSPS) is 10.6. The van der Waals surface area contributed by atoms with E-state index in [0.29, 0.717) is 10.3 Å². The van der Waals surface area contributed by atoms with E-state index in [9.17, 15) is 4.79 Å². The fourth-order valence-electron chi connectivity index (χ4n) is 3.34. The molecule has 5 aromatic rings. The van der Waals surface area contributed by atoms with Crippen LogP contribution in [0.1, 0.15) is 10.4 Å². The van der Waals surface area contributed by atoms with Crippen LogP contribution in [0.5, 0.6) is 11.5 Å². The van der Waals surface area contributed by atoms with E-state index in [1.54, 1.807) is 43.8 Å². The number of carboxylic acids is 1. The molecule has 9 heteroatoms. The molecule has 34 heavy (non-hydrogen) atoms. The van der Waals surface area contributed by atoms with Gasteiger partial charge in [-0.3, -0.25) is 0 Å². The van der Waals surface area contributed by atoms with E-state index < -0.39 is 13.1 Å². The smallest absolute Gasteiger partial charge is 0.497 e. The second kappa shape index (κ2) is 10.3. The van der Waals surface area contributed by atoms with Crippen molar-refractivity contribution in [3.63, 3.8) is 0 Å². The first-order chi connectivity index (χ1) is 16.4. The molecule has 172 valence electrons. The van der Waals surface area contributed by atoms with Crippen LogP contribution in [0.2, 0.25) is 0 Å². The molecule has 2 aromatic heterocycles. The topological polar surface area (TPSA) is 96.2 Å². The van der Waals surface area contributed by atoms with Gasteiger partial charge in [0, 0.05) is 19.1 Å². The summed E-state index contributed by atoms with van der Waals surface area (Å²) in [5, 5.41) is 29.0. The minimum atomic E-state index is -1.39. The molecular weight excluding hydrogens is 471 g/mol. The van der Waals surface area contributed by atoms with Gasteiger partial charge in [-0.2, -0.15) is 0 Å². The number of methoxy groups -OCH3 is 2. The summed E-state index contributed by atoms with van der Waals surface area (Å²) in [6.07, 6.45) is 0. The van der Waals surface area contributed by atoms with Crippen molar-refractivity contribution in [2.24, 2.45) is 0 Å². The summed E-state index contributed by atoms with van der Waals surface area (Å²) >= 11 is 3.02. The molecule has 0 aliphatic carbocycles. The summed E-state index contributed by atoms with van der Waals surface area (Å²) in [5.74, 6) is 0.711. The molecule has 0 aliphatic rings. The van der Waals surface area contributed by atoms with Crippen molar-refractivity contribution in [3.8, 4) is 21.9 Å². The van der Waals surface area contributed by atoms with E-state index in [2.05, 4.69) is 6.07 Å². The molecule has 0 spiro atoms. The van der Waals surface area contributed by atoms with Crippen molar-refractivity contribution in [1.82, 2.24) is 0 Å². The first-order valence-corrected chi connectivity index (χ1v) is 11.9. The van der Waals surface area contributed by atoms with Gasteiger partial charge < -0.3 is 24.6 Å². The molecule has 0 saturated heterocycles. The highest BCUT2D eigenvalue weighted by molar-refractivity contribution is 7.27.